The van der Waals surface area contributed by atoms with Crippen molar-refractivity contribution in [1.82, 2.24) is 14.9 Å². The van der Waals surface area contributed by atoms with Gasteiger partial charge in [-0.1, -0.05) is 84.9 Å². The first kappa shape index (κ1) is 34.5. The van der Waals surface area contributed by atoms with Crippen molar-refractivity contribution in [3.63, 3.8) is 0 Å². The number of aryl methyl sites for hydroxylation is 1. The van der Waals surface area contributed by atoms with Crippen LogP contribution < -0.4 is 10.6 Å². The fourth-order valence-electron chi connectivity index (χ4n) is 7.16. The Balaban J connectivity index is 1.17. The molecule has 6 nitrogen and oxygen atoms in total. The van der Waals surface area contributed by atoms with Crippen LogP contribution in [0.15, 0.2) is 122 Å². The van der Waals surface area contributed by atoms with E-state index >= 15 is 0 Å². The van der Waals surface area contributed by atoms with E-state index in [9.17, 15) is 35.9 Å². The molecule has 2 amide bonds. The Bertz CT molecular complexity index is 2250. The average Bonchev–Trinajstić information content (AvgIpc) is 3.68. The number of para-hydroxylation sites is 1. The summed E-state index contributed by atoms with van der Waals surface area (Å²) in [6.45, 7) is -1.15. The van der Waals surface area contributed by atoms with Crippen LogP contribution in [-0.4, -0.2) is 34.1 Å². The van der Waals surface area contributed by atoms with Gasteiger partial charge in [0, 0.05) is 12.1 Å². The van der Waals surface area contributed by atoms with E-state index in [1.54, 1.807) is 73.1 Å². The second-order valence-electron chi connectivity index (χ2n) is 12.6. The van der Waals surface area contributed by atoms with Crippen LogP contribution in [0, 0.1) is 0 Å². The summed E-state index contributed by atoms with van der Waals surface area (Å²) in [5.74, 6) is -1.23. The number of nitrogens with zero attached hydrogens (tertiary/aromatic N) is 2. The Morgan fingerprint density at radius 3 is 1.96 bits per heavy atom. The lowest BCUT2D eigenvalue weighted by Crippen LogP contribution is -2.47. The number of benzene rings is 5. The SMILES string of the molecule is O=C(Nc1cccc2ncn(CCCC3(C(=O)NCC(F)(F)F)c4ccccc4-c4ccccc43)c12)c1ccccc1-c1ccc(C(F)(F)F)cc1. The van der Waals surface area contributed by atoms with Gasteiger partial charge in [-0.2, -0.15) is 26.3 Å². The number of imidazole rings is 1. The number of carbonyl (C=O) groups is 2. The van der Waals surface area contributed by atoms with Gasteiger partial charge < -0.3 is 15.2 Å². The number of aromatic nitrogens is 2. The summed E-state index contributed by atoms with van der Waals surface area (Å²) in [6, 6.07) is 30.9. The number of alkyl halides is 6. The van der Waals surface area contributed by atoms with Crippen molar-refractivity contribution in [2.45, 2.75) is 37.2 Å². The van der Waals surface area contributed by atoms with E-state index in [2.05, 4.69) is 15.6 Å². The maximum atomic E-state index is 13.9. The molecule has 1 heterocycles. The highest BCUT2D eigenvalue weighted by molar-refractivity contribution is 6.11. The van der Waals surface area contributed by atoms with E-state index in [0.29, 0.717) is 51.9 Å². The Morgan fingerprint density at radius 2 is 1.33 bits per heavy atom. The van der Waals surface area contributed by atoms with Gasteiger partial charge in [0.25, 0.3) is 5.91 Å². The van der Waals surface area contributed by atoms with Crippen LogP contribution in [0.1, 0.15) is 39.9 Å². The first-order valence-corrected chi connectivity index (χ1v) is 16.4. The van der Waals surface area contributed by atoms with Crippen LogP contribution in [0.25, 0.3) is 33.3 Å². The minimum absolute atomic E-state index is 0.180. The molecule has 264 valence electrons. The van der Waals surface area contributed by atoms with Crippen LogP contribution in [0.2, 0.25) is 0 Å². The first-order valence-electron chi connectivity index (χ1n) is 16.4. The number of hydrogen-bond acceptors (Lipinski definition) is 3. The molecule has 1 aliphatic carbocycles. The summed E-state index contributed by atoms with van der Waals surface area (Å²) in [5, 5.41) is 5.09. The van der Waals surface area contributed by atoms with Crippen LogP contribution in [0.5, 0.6) is 0 Å². The topological polar surface area (TPSA) is 76.0 Å². The molecule has 7 rings (SSSR count). The highest BCUT2D eigenvalue weighted by atomic mass is 19.4. The average molecular weight is 713 g/mol. The van der Waals surface area contributed by atoms with Gasteiger partial charge in [-0.15, -0.1) is 0 Å². The van der Waals surface area contributed by atoms with Gasteiger partial charge >= 0.3 is 12.4 Å². The van der Waals surface area contributed by atoms with Gasteiger partial charge in [0.1, 0.15) is 12.0 Å². The number of nitrogens with one attached hydrogen (secondary N) is 2. The molecule has 1 aromatic heterocycles. The van der Waals surface area contributed by atoms with E-state index < -0.39 is 41.7 Å². The zero-order valence-electron chi connectivity index (χ0n) is 27.4. The van der Waals surface area contributed by atoms with Gasteiger partial charge in [-0.25, -0.2) is 4.98 Å². The zero-order chi connectivity index (χ0) is 36.7. The van der Waals surface area contributed by atoms with Crippen molar-refractivity contribution < 1.29 is 35.9 Å². The summed E-state index contributed by atoms with van der Waals surface area (Å²) < 4.78 is 81.3. The summed E-state index contributed by atoms with van der Waals surface area (Å²) in [5.41, 5.74) is 3.37. The Hall–Kier alpha value is -5.91. The monoisotopic (exact) mass is 712 g/mol. The molecule has 52 heavy (non-hydrogen) atoms. The van der Waals surface area contributed by atoms with E-state index in [-0.39, 0.29) is 12.0 Å². The quantitative estimate of drug-likeness (QED) is 0.147. The number of hydrogen-bond donors (Lipinski definition) is 2. The van der Waals surface area contributed by atoms with Crippen LogP contribution in [0.3, 0.4) is 0 Å². The molecule has 0 bridgehead atoms. The summed E-state index contributed by atoms with van der Waals surface area (Å²) in [4.78, 5) is 32.2. The molecule has 0 aliphatic heterocycles. The fraction of sp³-hybridized carbons (Fsp3) is 0.175. The number of anilines is 1. The molecule has 5 aromatic carbocycles. The molecule has 0 fully saturated rings. The molecule has 0 unspecified atom stereocenters. The lowest BCUT2D eigenvalue weighted by molar-refractivity contribution is -0.141. The maximum absolute atomic E-state index is 13.9. The van der Waals surface area contributed by atoms with Crippen LogP contribution >= 0.6 is 0 Å². The molecule has 12 heteroatoms. The second-order valence-corrected chi connectivity index (χ2v) is 12.6. The maximum Gasteiger partial charge on any atom is 0.416 e. The smallest absolute Gasteiger partial charge is 0.346 e. The molecule has 0 radical (unpaired) electrons. The molecule has 2 N–H and O–H groups in total. The fourth-order valence-corrected chi connectivity index (χ4v) is 7.16. The predicted octanol–water partition coefficient (Wildman–Crippen LogP) is 9.40. The van der Waals surface area contributed by atoms with E-state index in [1.807, 2.05) is 28.8 Å². The molecule has 0 atom stereocenters. The van der Waals surface area contributed by atoms with Crippen molar-refractivity contribution in [3.8, 4) is 22.3 Å². The van der Waals surface area contributed by atoms with Crippen molar-refractivity contribution >= 4 is 28.5 Å². The van der Waals surface area contributed by atoms with Crippen LogP contribution in [0.4, 0.5) is 32.0 Å². The first-order chi connectivity index (χ1) is 24.9. The van der Waals surface area contributed by atoms with Gasteiger partial charge in [0.15, 0.2) is 0 Å². The third-order valence-corrected chi connectivity index (χ3v) is 9.43. The predicted molar refractivity (Wildman–Crippen MR) is 186 cm³/mol. The zero-order valence-corrected chi connectivity index (χ0v) is 27.4. The van der Waals surface area contributed by atoms with Gasteiger partial charge in [-0.3, -0.25) is 9.59 Å². The number of rotatable bonds is 9. The summed E-state index contributed by atoms with van der Waals surface area (Å²) >= 11 is 0. The van der Waals surface area contributed by atoms with Gasteiger partial charge in [0.05, 0.1) is 28.6 Å². The standard InChI is InChI=1S/C40H30F6N4O2/c41-39(42,43)23-47-37(52)38(31-13-5-3-10-28(31)29-11-4-6-14-32(29)38)21-8-22-50-24-48-33-15-7-16-34(35(33)50)49-36(51)30-12-2-1-9-27(30)25-17-19-26(20-18-25)40(44,45)46/h1-7,9-20,24H,8,21-23H2,(H,47,52)(H,49,51). The minimum atomic E-state index is -4.59. The largest absolute Gasteiger partial charge is 0.416 e. The highest BCUT2D eigenvalue weighted by Gasteiger charge is 2.49. The number of amides is 2. The second kappa shape index (κ2) is 13.3. The van der Waals surface area contributed by atoms with Crippen LogP contribution in [-0.2, 0) is 22.9 Å². The van der Waals surface area contributed by atoms with Crippen molar-refractivity contribution in [2.75, 3.05) is 11.9 Å². The molecule has 6 aromatic rings. The molecule has 0 saturated carbocycles. The summed E-state index contributed by atoms with van der Waals surface area (Å²) in [6.07, 6.45) is -6.96. The number of halogens is 6. The Morgan fingerprint density at radius 1 is 0.712 bits per heavy atom. The Labute approximate surface area is 294 Å². The minimum Gasteiger partial charge on any atom is -0.346 e. The molecule has 0 saturated heterocycles. The normalized spacial score (nSPS) is 13.4. The van der Waals surface area contributed by atoms with Gasteiger partial charge in [0.2, 0.25) is 5.91 Å². The van der Waals surface area contributed by atoms with E-state index in [0.717, 1.165) is 23.3 Å². The van der Waals surface area contributed by atoms with Crippen molar-refractivity contribution in [1.29, 1.82) is 0 Å². The van der Waals surface area contributed by atoms with Crippen molar-refractivity contribution in [3.05, 3.63) is 144 Å². The lowest BCUT2D eigenvalue weighted by Gasteiger charge is -2.31. The molecular weight excluding hydrogens is 682 g/mol. The number of carbonyl (C=O) groups excluding carboxylic acids is 2. The summed E-state index contributed by atoms with van der Waals surface area (Å²) in [7, 11) is 0. The van der Waals surface area contributed by atoms with Crippen molar-refractivity contribution in [2.24, 2.45) is 0 Å². The van der Waals surface area contributed by atoms with Gasteiger partial charge in [-0.05, 0) is 76.6 Å². The molecule has 0 spiro atoms. The lowest BCUT2D eigenvalue weighted by atomic mass is 9.73. The molecule has 1 aliphatic rings. The third-order valence-electron chi connectivity index (χ3n) is 9.43. The highest BCUT2D eigenvalue weighted by Crippen LogP contribution is 2.51. The van der Waals surface area contributed by atoms with E-state index in [1.165, 1.54) is 12.1 Å². The van der Waals surface area contributed by atoms with E-state index in [4.69, 9.17) is 0 Å². The molecular formula is C40H30F6N4O2. The Kier molecular flexibility index (Phi) is 8.85. The third kappa shape index (κ3) is 6.40. The number of fused-ring (bicyclic) bond motifs is 4.